The third-order valence-corrected chi connectivity index (χ3v) is 8.00. The van der Waals surface area contributed by atoms with Crippen LogP contribution in [-0.2, 0) is 20.8 Å². The summed E-state index contributed by atoms with van der Waals surface area (Å²) in [6.45, 7) is 6.54. The highest BCUT2D eigenvalue weighted by atomic mass is 16.6. The fourth-order valence-corrected chi connectivity index (χ4v) is 5.63. The molecule has 0 aliphatic carbocycles. The smallest absolute Gasteiger partial charge is 0.409 e. The van der Waals surface area contributed by atoms with Crippen molar-refractivity contribution >= 4 is 11.8 Å². The molecule has 41 heavy (non-hydrogen) atoms. The summed E-state index contributed by atoms with van der Waals surface area (Å²) in [5, 5.41) is 3.69. The largest absolute Gasteiger partial charge is 0.497 e. The van der Waals surface area contributed by atoms with Crippen LogP contribution in [0.1, 0.15) is 49.7 Å². The summed E-state index contributed by atoms with van der Waals surface area (Å²) in [5.74, 6) is 1.96. The Morgan fingerprint density at radius 1 is 1.17 bits per heavy atom. The number of hydrogen-bond acceptors (Lipinski definition) is 8. The molecule has 4 rings (SSSR count). The Morgan fingerprint density at radius 2 is 1.98 bits per heavy atom. The van der Waals surface area contributed by atoms with Crippen LogP contribution in [-0.4, -0.2) is 90.4 Å². The lowest BCUT2D eigenvalue weighted by Crippen LogP contribution is -2.48. The van der Waals surface area contributed by atoms with Crippen LogP contribution >= 0.6 is 0 Å². The van der Waals surface area contributed by atoms with Crippen molar-refractivity contribution in [2.75, 3.05) is 66.1 Å². The molecule has 1 N–H and O–H groups in total. The summed E-state index contributed by atoms with van der Waals surface area (Å²) in [6.07, 6.45) is 2.96. The van der Waals surface area contributed by atoms with Crippen molar-refractivity contribution in [1.29, 1.82) is 0 Å². The standard InChI is InChI=1S/C32H47N3O6/c1-6-26(41-32(36)34(2)3)19-25-20-28(24-9-11-27(38-5)12-10-24)31(21-33-25)40-22-23-8-13-30-29(18-23)35(15-17-39-30)14-7-16-37-4/h8-13,18,25-26,28,31,33H,6-7,14-17,19-22H2,1-5H3/t25-,26-,28+,31-/m0/s1. The zero-order chi connectivity index (χ0) is 29.2. The minimum absolute atomic E-state index is 0.00543. The van der Waals surface area contributed by atoms with Crippen molar-refractivity contribution in [3.8, 4) is 11.5 Å². The van der Waals surface area contributed by atoms with Gasteiger partial charge in [-0.2, -0.15) is 0 Å². The van der Waals surface area contributed by atoms with Crippen LogP contribution in [0.15, 0.2) is 42.5 Å². The van der Waals surface area contributed by atoms with E-state index in [1.54, 1.807) is 28.3 Å². The number of ether oxygens (including phenoxy) is 5. The van der Waals surface area contributed by atoms with Gasteiger partial charge in [-0.05, 0) is 61.1 Å². The van der Waals surface area contributed by atoms with Crippen molar-refractivity contribution in [2.24, 2.45) is 0 Å². The number of anilines is 1. The molecule has 0 spiro atoms. The zero-order valence-corrected chi connectivity index (χ0v) is 25.3. The highest BCUT2D eigenvalue weighted by molar-refractivity contribution is 5.67. The number of amides is 1. The van der Waals surface area contributed by atoms with Gasteiger partial charge in [0, 0.05) is 52.9 Å². The van der Waals surface area contributed by atoms with Crippen LogP contribution in [0.4, 0.5) is 10.5 Å². The van der Waals surface area contributed by atoms with Crippen molar-refractivity contribution in [2.45, 2.75) is 63.4 Å². The molecule has 0 unspecified atom stereocenters. The number of hydrogen-bond donors (Lipinski definition) is 1. The van der Waals surface area contributed by atoms with Crippen LogP contribution in [0.25, 0.3) is 0 Å². The predicted molar refractivity (Wildman–Crippen MR) is 160 cm³/mol. The molecular weight excluding hydrogens is 522 g/mol. The molecule has 1 amide bonds. The van der Waals surface area contributed by atoms with E-state index in [4.69, 9.17) is 23.7 Å². The maximum atomic E-state index is 12.2. The molecule has 2 aromatic carbocycles. The van der Waals surface area contributed by atoms with Gasteiger partial charge < -0.3 is 38.8 Å². The van der Waals surface area contributed by atoms with Gasteiger partial charge in [0.15, 0.2) is 0 Å². The Hall–Kier alpha value is -3.01. The predicted octanol–water partition coefficient (Wildman–Crippen LogP) is 4.83. The number of methoxy groups -OCH3 is 2. The van der Waals surface area contributed by atoms with E-state index in [1.807, 2.05) is 12.1 Å². The molecule has 9 nitrogen and oxygen atoms in total. The van der Waals surface area contributed by atoms with Crippen LogP contribution in [0, 0.1) is 0 Å². The Labute approximate surface area is 245 Å². The van der Waals surface area contributed by atoms with Gasteiger partial charge in [-0.25, -0.2) is 4.79 Å². The van der Waals surface area contributed by atoms with Gasteiger partial charge in [0.1, 0.15) is 24.2 Å². The monoisotopic (exact) mass is 569 g/mol. The normalized spacial score (nSPS) is 21.0. The van der Waals surface area contributed by atoms with Gasteiger partial charge in [0.25, 0.3) is 0 Å². The molecule has 0 bridgehead atoms. The van der Waals surface area contributed by atoms with E-state index in [0.717, 1.165) is 74.7 Å². The molecule has 0 saturated carbocycles. The first-order valence-electron chi connectivity index (χ1n) is 14.8. The first-order valence-corrected chi connectivity index (χ1v) is 14.8. The number of nitrogens with one attached hydrogen (secondary N) is 1. The Morgan fingerprint density at radius 3 is 2.68 bits per heavy atom. The van der Waals surface area contributed by atoms with E-state index in [2.05, 4.69) is 47.5 Å². The first-order chi connectivity index (χ1) is 19.9. The van der Waals surface area contributed by atoms with E-state index in [0.29, 0.717) is 13.2 Å². The number of benzene rings is 2. The fourth-order valence-electron chi connectivity index (χ4n) is 5.63. The summed E-state index contributed by atoms with van der Waals surface area (Å²) in [5.41, 5.74) is 3.48. The van der Waals surface area contributed by atoms with E-state index < -0.39 is 0 Å². The minimum atomic E-state index is -0.298. The SMILES string of the molecule is CC[C@@H](C[C@H]1C[C@H](c2ccc(OC)cc2)[C@@H](OCc2ccc3c(c2)N(CCCOC)CCO3)CN1)OC(=O)N(C)C. The second-order valence-electron chi connectivity index (χ2n) is 11.1. The molecule has 9 heteroatoms. The van der Waals surface area contributed by atoms with Gasteiger partial charge in [-0.1, -0.05) is 25.1 Å². The molecule has 1 fully saturated rings. The van der Waals surface area contributed by atoms with Crippen molar-refractivity contribution < 1.29 is 28.5 Å². The molecule has 1 saturated heterocycles. The van der Waals surface area contributed by atoms with Gasteiger partial charge >= 0.3 is 6.09 Å². The van der Waals surface area contributed by atoms with Gasteiger partial charge in [-0.15, -0.1) is 0 Å². The van der Waals surface area contributed by atoms with E-state index in [-0.39, 0.29) is 30.3 Å². The maximum absolute atomic E-state index is 12.2. The van der Waals surface area contributed by atoms with E-state index >= 15 is 0 Å². The number of rotatable bonds is 13. The number of nitrogens with zero attached hydrogens (tertiary/aromatic N) is 2. The fraction of sp³-hybridized carbons (Fsp3) is 0.594. The molecular formula is C32H47N3O6. The third kappa shape index (κ3) is 8.50. The van der Waals surface area contributed by atoms with E-state index in [9.17, 15) is 4.79 Å². The molecule has 2 aliphatic heterocycles. The summed E-state index contributed by atoms with van der Waals surface area (Å²) < 4.78 is 28.9. The molecule has 2 aromatic rings. The third-order valence-electron chi connectivity index (χ3n) is 8.00. The topological polar surface area (TPSA) is 81.7 Å². The molecule has 0 aromatic heterocycles. The molecule has 2 heterocycles. The molecule has 2 aliphatic rings. The van der Waals surface area contributed by atoms with Crippen LogP contribution in [0.2, 0.25) is 0 Å². The summed E-state index contributed by atoms with van der Waals surface area (Å²) >= 11 is 0. The van der Waals surface area contributed by atoms with Crippen LogP contribution < -0.4 is 19.7 Å². The first kappa shape index (κ1) is 30.9. The number of carbonyl (C=O) groups excluding carboxylic acids is 1. The Kier molecular flexibility index (Phi) is 11.5. The van der Waals surface area contributed by atoms with Crippen molar-refractivity contribution in [1.82, 2.24) is 10.2 Å². The number of fused-ring (bicyclic) bond motifs is 1. The summed E-state index contributed by atoms with van der Waals surface area (Å²) in [7, 11) is 6.85. The Balaban J connectivity index is 1.45. The minimum Gasteiger partial charge on any atom is -0.497 e. The lowest BCUT2D eigenvalue weighted by Gasteiger charge is -2.38. The average molecular weight is 570 g/mol. The molecule has 4 atom stereocenters. The van der Waals surface area contributed by atoms with E-state index in [1.165, 1.54) is 10.5 Å². The number of piperidine rings is 1. The van der Waals surface area contributed by atoms with Gasteiger partial charge in [0.2, 0.25) is 0 Å². The molecule has 226 valence electrons. The zero-order valence-electron chi connectivity index (χ0n) is 25.3. The summed E-state index contributed by atoms with van der Waals surface area (Å²) in [6, 6.07) is 14.9. The second kappa shape index (κ2) is 15.3. The molecule has 0 radical (unpaired) electrons. The summed E-state index contributed by atoms with van der Waals surface area (Å²) in [4.78, 5) is 16.0. The quantitative estimate of drug-likeness (QED) is 0.344. The van der Waals surface area contributed by atoms with Gasteiger partial charge in [-0.3, -0.25) is 0 Å². The lowest BCUT2D eigenvalue weighted by molar-refractivity contribution is -0.00374. The van der Waals surface area contributed by atoms with Crippen LogP contribution in [0.3, 0.4) is 0 Å². The maximum Gasteiger partial charge on any atom is 0.409 e. The van der Waals surface area contributed by atoms with Crippen molar-refractivity contribution in [3.05, 3.63) is 53.6 Å². The van der Waals surface area contributed by atoms with Crippen LogP contribution in [0.5, 0.6) is 11.5 Å². The highest BCUT2D eigenvalue weighted by Crippen LogP contribution is 2.35. The average Bonchev–Trinajstić information content (AvgIpc) is 3.00. The highest BCUT2D eigenvalue weighted by Gasteiger charge is 2.34. The second-order valence-corrected chi connectivity index (χ2v) is 11.1. The Bertz CT molecular complexity index is 1100. The lowest BCUT2D eigenvalue weighted by atomic mass is 9.82. The van der Waals surface area contributed by atoms with Gasteiger partial charge in [0.05, 0.1) is 32.1 Å². The van der Waals surface area contributed by atoms with Crippen molar-refractivity contribution in [3.63, 3.8) is 0 Å². The number of carbonyl (C=O) groups is 1.